The normalized spacial score (nSPS) is 10.3. The molecule has 0 radical (unpaired) electrons. The van der Waals surface area contributed by atoms with Crippen LogP contribution in [0.5, 0.6) is 5.75 Å². The number of ether oxygens (including phenoxy) is 1. The van der Waals surface area contributed by atoms with Gasteiger partial charge in [-0.1, -0.05) is 0 Å². The average Bonchev–Trinajstić information content (AvgIpc) is 3.32. The number of hydrogen-bond donors (Lipinski definition) is 1. The number of methoxy groups -OCH3 is 1. The number of aromatic nitrogens is 1. The van der Waals surface area contributed by atoms with Crippen molar-refractivity contribution >= 4 is 22.4 Å². The molecule has 0 bridgehead atoms. The van der Waals surface area contributed by atoms with E-state index in [2.05, 4.69) is 16.4 Å². The number of nitrogens with zero attached hydrogens (tertiary/aromatic N) is 2. The third-order valence-corrected chi connectivity index (χ3v) is 4.53. The number of furan rings is 1. The Hall–Kier alpha value is -3.11. The van der Waals surface area contributed by atoms with Gasteiger partial charge in [0.15, 0.2) is 5.13 Å². The number of nitriles is 1. The number of anilines is 1. The minimum Gasteiger partial charge on any atom is -0.496 e. The highest BCUT2D eigenvalue weighted by Gasteiger charge is 2.11. The van der Waals surface area contributed by atoms with Gasteiger partial charge >= 0.3 is 0 Å². The number of benzene rings is 1. The van der Waals surface area contributed by atoms with Crippen LogP contribution in [0.1, 0.15) is 17.7 Å². The van der Waals surface area contributed by atoms with Gasteiger partial charge in [-0.05, 0) is 30.3 Å². The van der Waals surface area contributed by atoms with Crippen LogP contribution in [0.15, 0.2) is 46.4 Å². The van der Waals surface area contributed by atoms with Crippen LogP contribution in [-0.2, 0) is 17.6 Å². The average molecular weight is 367 g/mol. The van der Waals surface area contributed by atoms with Gasteiger partial charge in [-0.2, -0.15) is 5.26 Å². The zero-order valence-corrected chi connectivity index (χ0v) is 15.0. The van der Waals surface area contributed by atoms with Gasteiger partial charge in [-0.15, -0.1) is 11.3 Å². The predicted octanol–water partition coefficient (Wildman–Crippen LogP) is 4.05. The quantitative estimate of drug-likeness (QED) is 0.680. The summed E-state index contributed by atoms with van der Waals surface area (Å²) in [5.74, 6) is 1.35. The van der Waals surface area contributed by atoms with Crippen LogP contribution in [0.2, 0.25) is 0 Å². The van der Waals surface area contributed by atoms with E-state index in [0.29, 0.717) is 23.7 Å². The van der Waals surface area contributed by atoms with Crippen LogP contribution in [0.25, 0.3) is 11.3 Å². The SMILES string of the molecule is COc1ccc(-c2csc(NC(=O)CCc3ccco3)n2)cc1CC#N. The highest BCUT2D eigenvalue weighted by molar-refractivity contribution is 7.14. The predicted molar refractivity (Wildman–Crippen MR) is 99.1 cm³/mol. The van der Waals surface area contributed by atoms with Crippen LogP contribution in [-0.4, -0.2) is 18.0 Å². The molecule has 2 aromatic heterocycles. The lowest BCUT2D eigenvalue weighted by Crippen LogP contribution is -2.11. The van der Waals surface area contributed by atoms with Crippen molar-refractivity contribution in [2.45, 2.75) is 19.3 Å². The number of thiazole rings is 1. The maximum absolute atomic E-state index is 12.0. The molecule has 0 spiro atoms. The summed E-state index contributed by atoms with van der Waals surface area (Å²) in [5, 5.41) is 14.2. The van der Waals surface area contributed by atoms with Crippen molar-refractivity contribution in [1.82, 2.24) is 4.98 Å². The van der Waals surface area contributed by atoms with Gasteiger partial charge in [0.25, 0.3) is 0 Å². The second kappa shape index (κ2) is 8.32. The van der Waals surface area contributed by atoms with Gasteiger partial charge in [0.05, 0.1) is 31.6 Å². The van der Waals surface area contributed by atoms with E-state index < -0.39 is 0 Å². The van der Waals surface area contributed by atoms with E-state index >= 15 is 0 Å². The van der Waals surface area contributed by atoms with E-state index in [9.17, 15) is 4.79 Å². The van der Waals surface area contributed by atoms with Crippen LogP contribution < -0.4 is 10.1 Å². The molecular formula is C19H17N3O3S. The molecule has 0 saturated carbocycles. The molecule has 3 rings (SSSR count). The summed E-state index contributed by atoms with van der Waals surface area (Å²) in [7, 11) is 1.58. The topological polar surface area (TPSA) is 88.2 Å². The van der Waals surface area contributed by atoms with E-state index in [1.54, 1.807) is 19.4 Å². The maximum Gasteiger partial charge on any atom is 0.226 e. The monoisotopic (exact) mass is 367 g/mol. The van der Waals surface area contributed by atoms with E-state index in [4.69, 9.17) is 14.4 Å². The molecule has 1 N–H and O–H groups in total. The summed E-state index contributed by atoms with van der Waals surface area (Å²) in [6.07, 6.45) is 2.73. The Bertz CT molecular complexity index is 926. The number of carbonyl (C=O) groups is 1. The molecule has 6 nitrogen and oxygen atoms in total. The lowest BCUT2D eigenvalue weighted by molar-refractivity contribution is -0.116. The molecule has 1 amide bonds. The molecule has 3 aromatic rings. The number of carbonyl (C=O) groups excluding carboxylic acids is 1. The Morgan fingerprint density at radius 2 is 2.31 bits per heavy atom. The summed E-state index contributed by atoms with van der Waals surface area (Å²) in [5.41, 5.74) is 2.44. The lowest BCUT2D eigenvalue weighted by Gasteiger charge is -2.07. The van der Waals surface area contributed by atoms with Gasteiger partial charge in [-0.3, -0.25) is 4.79 Å². The fourth-order valence-corrected chi connectivity index (χ4v) is 3.23. The summed E-state index contributed by atoms with van der Waals surface area (Å²) in [6, 6.07) is 11.4. The number of aryl methyl sites for hydroxylation is 1. The van der Waals surface area contributed by atoms with Crippen molar-refractivity contribution < 1.29 is 13.9 Å². The molecule has 0 aliphatic rings. The van der Waals surface area contributed by atoms with Crippen LogP contribution in [0.3, 0.4) is 0 Å². The third kappa shape index (κ3) is 4.29. The molecule has 1 aromatic carbocycles. The van der Waals surface area contributed by atoms with E-state index in [-0.39, 0.29) is 12.3 Å². The third-order valence-electron chi connectivity index (χ3n) is 3.77. The molecule has 0 atom stereocenters. The summed E-state index contributed by atoms with van der Waals surface area (Å²) >= 11 is 1.36. The van der Waals surface area contributed by atoms with Crippen molar-refractivity contribution in [1.29, 1.82) is 5.26 Å². The Kier molecular flexibility index (Phi) is 5.66. The second-order valence-corrected chi connectivity index (χ2v) is 6.39. The fraction of sp³-hybridized carbons (Fsp3) is 0.211. The van der Waals surface area contributed by atoms with Gasteiger partial charge in [0, 0.05) is 29.3 Å². The molecule has 0 aliphatic carbocycles. The van der Waals surface area contributed by atoms with Crippen LogP contribution in [0, 0.1) is 11.3 Å². The minimum atomic E-state index is -0.109. The highest BCUT2D eigenvalue weighted by Crippen LogP contribution is 2.29. The van der Waals surface area contributed by atoms with Crippen molar-refractivity contribution in [2.75, 3.05) is 12.4 Å². The fourth-order valence-electron chi connectivity index (χ4n) is 2.50. The van der Waals surface area contributed by atoms with Crippen molar-refractivity contribution in [3.63, 3.8) is 0 Å². The molecule has 0 unspecified atom stereocenters. The molecule has 7 heteroatoms. The van der Waals surface area contributed by atoms with Crippen molar-refractivity contribution in [3.05, 3.63) is 53.3 Å². The van der Waals surface area contributed by atoms with E-state index in [1.807, 2.05) is 29.6 Å². The first-order chi connectivity index (χ1) is 12.7. The zero-order valence-electron chi connectivity index (χ0n) is 14.2. The molecule has 0 fully saturated rings. The molecular weight excluding hydrogens is 350 g/mol. The first kappa shape index (κ1) is 17.7. The van der Waals surface area contributed by atoms with Gasteiger partial charge in [0.1, 0.15) is 11.5 Å². The van der Waals surface area contributed by atoms with E-state index in [1.165, 1.54) is 11.3 Å². The Labute approximate surface area is 155 Å². The summed E-state index contributed by atoms with van der Waals surface area (Å²) in [6.45, 7) is 0. The zero-order chi connectivity index (χ0) is 18.4. The van der Waals surface area contributed by atoms with E-state index in [0.717, 1.165) is 22.6 Å². The molecule has 26 heavy (non-hydrogen) atoms. The Morgan fingerprint density at radius 3 is 3.04 bits per heavy atom. The standard InChI is InChI=1S/C19H17N3O3S/c1-24-17-6-4-13(11-14(17)8-9-20)16-12-26-19(21-16)22-18(23)7-5-15-3-2-10-25-15/h2-4,6,10-12H,5,7-8H2,1H3,(H,21,22,23). The summed E-state index contributed by atoms with van der Waals surface area (Å²) < 4.78 is 10.5. The second-order valence-electron chi connectivity index (χ2n) is 5.53. The minimum absolute atomic E-state index is 0.109. The molecule has 132 valence electrons. The number of amides is 1. The highest BCUT2D eigenvalue weighted by atomic mass is 32.1. The first-order valence-electron chi connectivity index (χ1n) is 8.01. The van der Waals surface area contributed by atoms with Gasteiger partial charge in [0.2, 0.25) is 5.91 Å². The molecule has 0 aliphatic heterocycles. The van der Waals surface area contributed by atoms with Crippen LogP contribution >= 0.6 is 11.3 Å². The lowest BCUT2D eigenvalue weighted by atomic mass is 10.1. The maximum atomic E-state index is 12.0. The summed E-state index contributed by atoms with van der Waals surface area (Å²) in [4.78, 5) is 16.5. The first-order valence-corrected chi connectivity index (χ1v) is 8.89. The molecule has 0 saturated heterocycles. The number of hydrogen-bond acceptors (Lipinski definition) is 6. The Balaban J connectivity index is 1.66. The number of rotatable bonds is 7. The largest absolute Gasteiger partial charge is 0.496 e. The van der Waals surface area contributed by atoms with Gasteiger partial charge in [-0.25, -0.2) is 4.98 Å². The Morgan fingerprint density at radius 1 is 1.42 bits per heavy atom. The van der Waals surface area contributed by atoms with Crippen molar-refractivity contribution in [3.8, 4) is 23.1 Å². The van der Waals surface area contributed by atoms with Crippen LogP contribution in [0.4, 0.5) is 5.13 Å². The smallest absolute Gasteiger partial charge is 0.226 e. The van der Waals surface area contributed by atoms with Crippen molar-refractivity contribution in [2.24, 2.45) is 0 Å². The number of nitrogens with one attached hydrogen (secondary N) is 1. The molecule has 2 heterocycles. The van der Waals surface area contributed by atoms with Gasteiger partial charge < -0.3 is 14.5 Å².